The van der Waals surface area contributed by atoms with Crippen LogP contribution in [0, 0.1) is 5.92 Å². The van der Waals surface area contributed by atoms with Gasteiger partial charge in [-0.3, -0.25) is 0 Å². The zero-order chi connectivity index (χ0) is 22.0. The number of hydrogen-bond acceptors (Lipinski definition) is 9. The Morgan fingerprint density at radius 1 is 1.13 bits per heavy atom. The molecule has 0 amide bonds. The summed E-state index contributed by atoms with van der Waals surface area (Å²) in [4.78, 5) is 13.6. The van der Waals surface area contributed by atoms with Gasteiger partial charge >= 0.3 is 6.01 Å². The fraction of sp³-hybridized carbons (Fsp3) is 0.750. The van der Waals surface area contributed by atoms with Crippen LogP contribution in [0.25, 0.3) is 0 Å². The predicted octanol–water partition coefficient (Wildman–Crippen LogP) is 2.58. The third-order valence-corrected chi connectivity index (χ3v) is 8.58. The van der Waals surface area contributed by atoms with Crippen LogP contribution >= 0.6 is 11.3 Å². The Morgan fingerprint density at radius 3 is 2.45 bits per heavy atom. The van der Waals surface area contributed by atoms with Crippen molar-refractivity contribution in [2.24, 2.45) is 5.92 Å². The van der Waals surface area contributed by atoms with Gasteiger partial charge in [-0.2, -0.15) is 9.29 Å². The van der Waals surface area contributed by atoms with Crippen LogP contribution in [-0.4, -0.2) is 73.4 Å². The second kappa shape index (κ2) is 9.41. The minimum Gasteiger partial charge on any atom is -0.359 e. The minimum atomic E-state index is -3.09. The zero-order valence-electron chi connectivity index (χ0n) is 18.5. The molecule has 2 fully saturated rings. The van der Waals surface area contributed by atoms with Crippen LogP contribution in [0.5, 0.6) is 0 Å². The van der Waals surface area contributed by atoms with Gasteiger partial charge in [0.25, 0.3) is 0 Å². The van der Waals surface area contributed by atoms with E-state index in [0.29, 0.717) is 25.0 Å². The zero-order valence-corrected chi connectivity index (χ0v) is 20.2. The normalized spacial score (nSPS) is 19.5. The van der Waals surface area contributed by atoms with E-state index < -0.39 is 10.0 Å². The molecule has 0 radical (unpaired) electrons. The van der Waals surface area contributed by atoms with Crippen molar-refractivity contribution in [1.82, 2.24) is 19.4 Å². The molecule has 2 aliphatic rings. The Hall–Kier alpha value is -1.72. The smallest absolute Gasteiger partial charge is 0.324 e. The Morgan fingerprint density at radius 2 is 1.84 bits per heavy atom. The second-order valence-corrected chi connectivity index (χ2v) is 11.9. The quantitative estimate of drug-likeness (QED) is 0.612. The first-order chi connectivity index (χ1) is 14.8. The Bertz CT molecular complexity index is 957. The first kappa shape index (κ1) is 22.5. The molecule has 172 valence electrons. The first-order valence-corrected chi connectivity index (χ1v) is 13.7. The van der Waals surface area contributed by atoms with Crippen molar-refractivity contribution < 1.29 is 12.9 Å². The summed E-state index contributed by atoms with van der Waals surface area (Å²) >= 11 is 1.74. The van der Waals surface area contributed by atoms with E-state index >= 15 is 0 Å². The van der Waals surface area contributed by atoms with E-state index in [-0.39, 0.29) is 5.92 Å². The van der Waals surface area contributed by atoms with Gasteiger partial charge in [0.1, 0.15) is 5.00 Å². The molecule has 0 aliphatic carbocycles. The number of nitrogens with zero attached hydrogens (tertiary/aromatic N) is 6. The van der Waals surface area contributed by atoms with Crippen LogP contribution in [0.2, 0.25) is 0 Å². The summed E-state index contributed by atoms with van der Waals surface area (Å²) in [5.41, 5.74) is 0. The van der Waals surface area contributed by atoms with Gasteiger partial charge in [-0.15, -0.1) is 11.3 Å². The number of anilines is 2. The summed E-state index contributed by atoms with van der Waals surface area (Å²) in [6.07, 6.45) is 7.63. The number of rotatable bonds is 7. The van der Waals surface area contributed by atoms with Gasteiger partial charge in [-0.1, -0.05) is 19.0 Å². The molecule has 0 bridgehead atoms. The highest BCUT2D eigenvalue weighted by Gasteiger charge is 2.26. The van der Waals surface area contributed by atoms with Crippen LogP contribution in [0.4, 0.5) is 11.0 Å². The van der Waals surface area contributed by atoms with E-state index in [4.69, 9.17) is 4.52 Å². The summed E-state index contributed by atoms with van der Waals surface area (Å²) in [5.74, 6) is 1.74. The van der Waals surface area contributed by atoms with Crippen molar-refractivity contribution in [3.05, 3.63) is 17.0 Å². The lowest BCUT2D eigenvalue weighted by Crippen LogP contribution is -2.48. The number of sulfonamides is 1. The van der Waals surface area contributed by atoms with Crippen molar-refractivity contribution in [1.29, 1.82) is 0 Å². The molecular formula is C20H32N6O3S2. The largest absolute Gasteiger partial charge is 0.359 e. The fourth-order valence-corrected chi connectivity index (χ4v) is 5.94. The maximum Gasteiger partial charge on any atom is 0.324 e. The van der Waals surface area contributed by atoms with Crippen molar-refractivity contribution in [2.45, 2.75) is 45.4 Å². The highest BCUT2D eigenvalue weighted by atomic mass is 32.2. The summed E-state index contributed by atoms with van der Waals surface area (Å²) in [6.45, 7) is 8.59. The molecule has 2 aliphatic heterocycles. The molecule has 31 heavy (non-hydrogen) atoms. The molecule has 0 spiro atoms. The fourth-order valence-electron chi connectivity index (χ4n) is 4.13. The van der Waals surface area contributed by atoms with Gasteiger partial charge in [-0.05, 0) is 31.6 Å². The van der Waals surface area contributed by atoms with Gasteiger partial charge in [0, 0.05) is 45.2 Å². The number of piperidine rings is 1. The van der Waals surface area contributed by atoms with Crippen molar-refractivity contribution >= 4 is 32.4 Å². The highest BCUT2D eigenvalue weighted by Crippen LogP contribution is 2.29. The van der Waals surface area contributed by atoms with Gasteiger partial charge < -0.3 is 14.3 Å². The van der Waals surface area contributed by atoms with Gasteiger partial charge in [-0.25, -0.2) is 13.4 Å². The molecule has 0 saturated carbocycles. The van der Waals surface area contributed by atoms with Crippen LogP contribution in [0.1, 0.15) is 49.9 Å². The lowest BCUT2D eigenvalue weighted by Gasteiger charge is -2.33. The lowest BCUT2D eigenvalue weighted by atomic mass is 9.92. The number of aromatic nitrogens is 3. The van der Waals surface area contributed by atoms with E-state index in [1.807, 2.05) is 6.20 Å². The lowest BCUT2D eigenvalue weighted by molar-refractivity contribution is 0.349. The molecule has 2 aromatic heterocycles. The SMILES string of the molecule is CC(C)c1noc(N2CCC(CCc3ncc(N4CCN(S(C)(=O)=O)CC4)s3)CC2)n1. The van der Waals surface area contributed by atoms with Crippen LogP contribution in [0.3, 0.4) is 0 Å². The number of hydrogen-bond donors (Lipinski definition) is 0. The Kier molecular flexibility index (Phi) is 6.83. The van der Waals surface area contributed by atoms with Gasteiger partial charge in [0.15, 0.2) is 5.82 Å². The number of thiazole rings is 1. The standard InChI is InChI=1S/C20H32N6O3S2/c1-15(2)19-22-20(29-23-19)25-8-6-16(7-9-25)4-5-17-21-14-18(30-17)24-10-12-26(13-11-24)31(3,27)28/h14-16H,4-13H2,1-3H3. The number of aryl methyl sites for hydroxylation is 1. The minimum absolute atomic E-state index is 0.279. The summed E-state index contributed by atoms with van der Waals surface area (Å²) < 4.78 is 30.3. The highest BCUT2D eigenvalue weighted by molar-refractivity contribution is 7.88. The molecule has 2 saturated heterocycles. The molecule has 0 unspecified atom stereocenters. The monoisotopic (exact) mass is 468 g/mol. The van der Waals surface area contributed by atoms with E-state index in [0.717, 1.165) is 62.7 Å². The third kappa shape index (κ3) is 5.56. The van der Waals surface area contributed by atoms with Crippen molar-refractivity contribution in [3.8, 4) is 0 Å². The predicted molar refractivity (Wildman–Crippen MR) is 122 cm³/mol. The Balaban J connectivity index is 1.22. The summed E-state index contributed by atoms with van der Waals surface area (Å²) in [6, 6.07) is 0.655. The summed E-state index contributed by atoms with van der Waals surface area (Å²) in [5, 5.41) is 6.39. The van der Waals surface area contributed by atoms with Crippen LogP contribution < -0.4 is 9.80 Å². The molecular weight excluding hydrogens is 436 g/mol. The third-order valence-electron chi connectivity index (χ3n) is 6.16. The molecule has 0 aromatic carbocycles. The van der Waals surface area contributed by atoms with E-state index in [2.05, 4.69) is 38.8 Å². The number of piperazine rings is 1. The first-order valence-electron chi connectivity index (χ1n) is 11.0. The Labute approximate surface area is 188 Å². The van der Waals surface area contributed by atoms with Gasteiger partial charge in [0.05, 0.1) is 17.5 Å². The summed E-state index contributed by atoms with van der Waals surface area (Å²) in [7, 11) is -3.09. The maximum absolute atomic E-state index is 11.7. The van der Waals surface area contributed by atoms with Crippen molar-refractivity contribution in [3.63, 3.8) is 0 Å². The molecule has 4 rings (SSSR count). The molecule has 11 heteroatoms. The average Bonchev–Trinajstić information content (AvgIpc) is 3.42. The van der Waals surface area contributed by atoms with E-state index in [9.17, 15) is 8.42 Å². The molecule has 0 N–H and O–H groups in total. The van der Waals surface area contributed by atoms with Crippen LogP contribution in [0.15, 0.2) is 10.7 Å². The molecule has 0 atom stereocenters. The molecule has 4 heterocycles. The van der Waals surface area contributed by atoms with Crippen LogP contribution in [-0.2, 0) is 16.4 Å². The average molecular weight is 469 g/mol. The second-order valence-electron chi connectivity index (χ2n) is 8.80. The van der Waals surface area contributed by atoms with E-state index in [1.54, 1.807) is 15.6 Å². The van der Waals surface area contributed by atoms with Gasteiger partial charge in [0.2, 0.25) is 10.0 Å². The molecule has 2 aromatic rings. The van der Waals surface area contributed by atoms with E-state index in [1.165, 1.54) is 11.3 Å². The van der Waals surface area contributed by atoms with Crippen molar-refractivity contribution in [2.75, 3.05) is 55.3 Å². The maximum atomic E-state index is 11.7. The molecule has 9 nitrogen and oxygen atoms in total. The topological polar surface area (TPSA) is 95.7 Å².